The van der Waals surface area contributed by atoms with Gasteiger partial charge in [-0.25, -0.2) is 0 Å². The molecular formula is C36H66CuO4. The van der Waals surface area contributed by atoms with E-state index in [2.05, 4.69) is 38.2 Å². The molecule has 0 aliphatic heterocycles. The van der Waals surface area contributed by atoms with Crippen molar-refractivity contribution < 1.29 is 36.9 Å². The van der Waals surface area contributed by atoms with Crippen molar-refractivity contribution in [1.82, 2.24) is 0 Å². The minimum Gasteiger partial charge on any atom is -0.550 e. The summed E-state index contributed by atoms with van der Waals surface area (Å²) in [5.74, 6) is -1.83. The van der Waals surface area contributed by atoms with E-state index >= 15 is 0 Å². The van der Waals surface area contributed by atoms with Crippen LogP contribution in [0.5, 0.6) is 0 Å². The molecular weight excluding hydrogens is 560 g/mol. The molecule has 0 spiro atoms. The van der Waals surface area contributed by atoms with Crippen molar-refractivity contribution in [3.8, 4) is 0 Å². The van der Waals surface area contributed by atoms with Crippen LogP contribution in [0.1, 0.15) is 194 Å². The largest absolute Gasteiger partial charge is 2.00 e. The van der Waals surface area contributed by atoms with Crippen LogP contribution in [0.4, 0.5) is 0 Å². The maximum Gasteiger partial charge on any atom is 2.00 e. The van der Waals surface area contributed by atoms with Gasteiger partial charge in [0.2, 0.25) is 0 Å². The molecule has 0 amide bonds. The second-order valence-electron chi connectivity index (χ2n) is 11.4. The van der Waals surface area contributed by atoms with E-state index in [1.807, 2.05) is 0 Å². The van der Waals surface area contributed by atoms with E-state index in [1.165, 1.54) is 128 Å². The minimum absolute atomic E-state index is 0. The van der Waals surface area contributed by atoms with Crippen molar-refractivity contribution in [2.45, 2.75) is 194 Å². The topological polar surface area (TPSA) is 80.3 Å². The molecule has 1 radical (unpaired) electrons. The average Bonchev–Trinajstić information content (AvgIpc) is 2.93. The molecule has 0 saturated carbocycles. The zero-order valence-electron chi connectivity index (χ0n) is 27.0. The second-order valence-corrected chi connectivity index (χ2v) is 11.4. The Morgan fingerprint density at radius 2 is 0.610 bits per heavy atom. The monoisotopic (exact) mass is 625 g/mol. The molecule has 0 bridgehead atoms. The average molecular weight is 626 g/mol. The third kappa shape index (κ3) is 49.0. The Hall–Kier alpha value is -1.06. The summed E-state index contributed by atoms with van der Waals surface area (Å²) in [6, 6.07) is 0. The van der Waals surface area contributed by atoms with Gasteiger partial charge in [0.25, 0.3) is 0 Å². The number of carboxylic acid groups (broad SMARTS) is 2. The van der Waals surface area contributed by atoms with Gasteiger partial charge < -0.3 is 19.8 Å². The van der Waals surface area contributed by atoms with E-state index < -0.39 is 11.9 Å². The first-order chi connectivity index (χ1) is 19.5. The number of allylic oxidation sites excluding steroid dienone is 4. The fraction of sp³-hybridized carbons (Fsp3) is 0.833. The number of aliphatic carboxylic acids is 2. The molecule has 0 N–H and O–H groups in total. The number of unbranched alkanes of at least 4 members (excludes halogenated alkanes) is 22. The molecule has 5 heteroatoms. The van der Waals surface area contributed by atoms with Gasteiger partial charge in [-0.15, -0.1) is 0 Å². The quantitative estimate of drug-likeness (QED) is 0.0452. The maximum absolute atomic E-state index is 10.2. The fourth-order valence-electron chi connectivity index (χ4n) is 4.68. The summed E-state index contributed by atoms with van der Waals surface area (Å²) >= 11 is 0. The van der Waals surface area contributed by atoms with Crippen LogP contribution in [0.25, 0.3) is 0 Å². The van der Waals surface area contributed by atoms with Crippen molar-refractivity contribution in [2.75, 3.05) is 0 Å². The Kier molecular flexibility index (Phi) is 44.5. The molecule has 0 saturated heterocycles. The van der Waals surface area contributed by atoms with Gasteiger partial charge in [-0.05, 0) is 77.0 Å². The molecule has 0 aromatic rings. The fourth-order valence-corrected chi connectivity index (χ4v) is 4.68. The van der Waals surface area contributed by atoms with Crippen molar-refractivity contribution in [3.63, 3.8) is 0 Å². The van der Waals surface area contributed by atoms with Gasteiger partial charge in [-0.3, -0.25) is 0 Å². The van der Waals surface area contributed by atoms with Crippen LogP contribution in [0, 0.1) is 0 Å². The molecule has 0 unspecified atom stereocenters. The Balaban J connectivity index is -0.000000688. The Morgan fingerprint density at radius 3 is 0.854 bits per heavy atom. The zero-order valence-corrected chi connectivity index (χ0v) is 28.0. The van der Waals surface area contributed by atoms with Gasteiger partial charge >= 0.3 is 17.1 Å². The molecule has 0 fully saturated rings. The number of carbonyl (C=O) groups is 2. The standard InChI is InChI=1S/2C18H34O2.Cu/c2*1-2-3-4-5-6-7-8-9-10-11-12-13-14-15-16-17-18(19)20;/h2*9-10H,2-8,11-17H2,1H3,(H,19,20);/q;;+2/p-2/b2*10-9-;. The number of carboxylic acids is 2. The summed E-state index contributed by atoms with van der Waals surface area (Å²) in [7, 11) is 0. The number of carbonyl (C=O) groups excluding carboxylic acids is 2. The number of rotatable bonds is 30. The number of hydrogen-bond donors (Lipinski definition) is 0. The van der Waals surface area contributed by atoms with E-state index in [9.17, 15) is 19.8 Å². The van der Waals surface area contributed by atoms with Crippen molar-refractivity contribution in [2.24, 2.45) is 0 Å². The molecule has 4 nitrogen and oxygen atoms in total. The van der Waals surface area contributed by atoms with E-state index in [0.717, 1.165) is 38.5 Å². The van der Waals surface area contributed by atoms with E-state index in [0.29, 0.717) is 0 Å². The van der Waals surface area contributed by atoms with Crippen LogP contribution in [0.3, 0.4) is 0 Å². The van der Waals surface area contributed by atoms with Crippen LogP contribution >= 0.6 is 0 Å². The Labute approximate surface area is 266 Å². The van der Waals surface area contributed by atoms with Gasteiger partial charge in [0.1, 0.15) is 0 Å². The first-order valence-corrected chi connectivity index (χ1v) is 17.2. The second kappa shape index (κ2) is 41.1. The maximum atomic E-state index is 10.2. The molecule has 0 rings (SSSR count). The molecule has 245 valence electrons. The first-order valence-electron chi connectivity index (χ1n) is 17.2. The first kappa shape index (κ1) is 44.4. The summed E-state index contributed by atoms with van der Waals surface area (Å²) in [6.45, 7) is 4.51. The molecule has 0 aromatic heterocycles. The third-order valence-electron chi connectivity index (χ3n) is 7.29. The summed E-state index contributed by atoms with van der Waals surface area (Å²) in [4.78, 5) is 20.4. The van der Waals surface area contributed by atoms with E-state index in [-0.39, 0.29) is 29.9 Å². The smallest absolute Gasteiger partial charge is 0.550 e. The molecule has 0 heterocycles. The van der Waals surface area contributed by atoms with Crippen LogP contribution in [-0.2, 0) is 26.7 Å². The predicted octanol–water partition coefficient (Wildman–Crippen LogP) is 9.55. The molecule has 41 heavy (non-hydrogen) atoms. The van der Waals surface area contributed by atoms with Gasteiger partial charge in [0, 0.05) is 11.9 Å². The van der Waals surface area contributed by atoms with Crippen LogP contribution in [0.2, 0.25) is 0 Å². The van der Waals surface area contributed by atoms with E-state index in [4.69, 9.17) is 0 Å². The summed E-state index contributed by atoms with van der Waals surface area (Å²) in [5, 5.41) is 20.4. The molecule has 0 aliphatic rings. The normalized spacial score (nSPS) is 11.0. The predicted molar refractivity (Wildman–Crippen MR) is 169 cm³/mol. The SMILES string of the molecule is CCCCCCCC/C=C\CCCCCCCC(=O)[O-].CCCCCCCC/C=C\CCCCCCCC(=O)[O-].[Cu+2]. The Bertz CT molecular complexity index is 524. The molecule has 0 atom stereocenters. The minimum atomic E-state index is -0.914. The van der Waals surface area contributed by atoms with Crippen molar-refractivity contribution in [3.05, 3.63) is 24.3 Å². The van der Waals surface area contributed by atoms with Crippen LogP contribution < -0.4 is 10.2 Å². The van der Waals surface area contributed by atoms with Crippen molar-refractivity contribution in [1.29, 1.82) is 0 Å². The van der Waals surface area contributed by atoms with Crippen LogP contribution in [0.15, 0.2) is 24.3 Å². The van der Waals surface area contributed by atoms with E-state index in [1.54, 1.807) is 0 Å². The van der Waals surface area contributed by atoms with Gasteiger partial charge in [0.05, 0.1) is 0 Å². The summed E-state index contributed by atoms with van der Waals surface area (Å²) in [5.41, 5.74) is 0. The summed E-state index contributed by atoms with van der Waals surface area (Å²) < 4.78 is 0. The van der Waals surface area contributed by atoms with Gasteiger partial charge in [-0.1, -0.05) is 141 Å². The molecule has 0 aromatic carbocycles. The van der Waals surface area contributed by atoms with Gasteiger partial charge in [0.15, 0.2) is 0 Å². The van der Waals surface area contributed by atoms with Crippen molar-refractivity contribution >= 4 is 11.9 Å². The number of hydrogen-bond acceptors (Lipinski definition) is 4. The van der Waals surface area contributed by atoms with Gasteiger partial charge in [-0.2, -0.15) is 0 Å². The third-order valence-corrected chi connectivity index (χ3v) is 7.29. The Morgan fingerprint density at radius 1 is 0.390 bits per heavy atom. The van der Waals surface area contributed by atoms with Crippen LogP contribution in [-0.4, -0.2) is 11.9 Å². The zero-order chi connectivity index (χ0) is 29.8. The molecule has 0 aliphatic carbocycles. The summed E-state index contributed by atoms with van der Waals surface area (Å²) in [6.07, 6.45) is 41.8.